The summed E-state index contributed by atoms with van der Waals surface area (Å²) in [6, 6.07) is 8.05. The first-order valence-corrected chi connectivity index (χ1v) is 27.7. The molecule has 6 aliphatic rings. The van der Waals surface area contributed by atoms with Crippen molar-refractivity contribution < 1.29 is 20.0 Å². The van der Waals surface area contributed by atoms with Crippen molar-refractivity contribution >= 4 is 22.0 Å². The van der Waals surface area contributed by atoms with Crippen molar-refractivity contribution in [3.05, 3.63) is 29.3 Å². The molecule has 0 bridgehead atoms. The van der Waals surface area contributed by atoms with Gasteiger partial charge in [0.2, 0.25) is 0 Å². The fraction of sp³-hybridized carbons (Fsp3) is 0.857. The van der Waals surface area contributed by atoms with Crippen LogP contribution in [0.5, 0.6) is 0 Å². The second-order valence-electron chi connectivity index (χ2n) is 19.2. The van der Waals surface area contributed by atoms with E-state index in [2.05, 4.69) is 59.7 Å². The third kappa shape index (κ3) is 5.66. The first-order valence-electron chi connectivity index (χ1n) is 20.2. The van der Waals surface area contributed by atoms with Gasteiger partial charge in [0.1, 0.15) is 0 Å². The second-order valence-corrected chi connectivity index (χ2v) is 32.4. The first kappa shape index (κ1) is 35.3. The number of aliphatic hydroxyl groups is 2. The Morgan fingerprint density at radius 2 is 1.57 bits per heavy atom. The second kappa shape index (κ2) is 12.8. The zero-order chi connectivity index (χ0) is 33.3. The molecule has 2 N–H and O–H groups in total. The van der Waals surface area contributed by atoms with Crippen LogP contribution < -0.4 is 3.58 Å². The van der Waals surface area contributed by atoms with E-state index in [4.69, 9.17) is 9.78 Å². The SMILES string of the molecule is CCC[CH2][Sn]([CH2]CCC)([CH2]CCC)[c]1ccc2c(c1)C[C@]13CCC4(CC(C)(C)COO4)C[C@]1(O)CC[C@@H]1[C@@H]3[C@@H]2C[C@]2(C)[C@@H](O)CC[C@@H]12. The molecule has 2 spiro atoms. The van der Waals surface area contributed by atoms with E-state index >= 15 is 0 Å². The van der Waals surface area contributed by atoms with Crippen LogP contribution >= 0.6 is 0 Å². The molecule has 0 aromatic heterocycles. The fourth-order valence-corrected chi connectivity index (χ4v) is 29.6. The molecule has 264 valence electrons. The first-order chi connectivity index (χ1) is 22.4. The van der Waals surface area contributed by atoms with Gasteiger partial charge in [-0.1, -0.05) is 0 Å². The summed E-state index contributed by atoms with van der Waals surface area (Å²) in [5, 5.41) is 24.9. The molecule has 0 radical (unpaired) electrons. The van der Waals surface area contributed by atoms with E-state index in [1.165, 1.54) is 51.8 Å². The predicted octanol–water partition coefficient (Wildman–Crippen LogP) is 9.61. The molecule has 5 heteroatoms. The Kier molecular flexibility index (Phi) is 9.62. The van der Waals surface area contributed by atoms with Crippen molar-refractivity contribution in [3.63, 3.8) is 0 Å². The number of hydrogen-bond donors (Lipinski definition) is 2. The summed E-state index contributed by atoms with van der Waals surface area (Å²) < 4.78 is 6.27. The molecule has 1 saturated heterocycles. The molecule has 47 heavy (non-hydrogen) atoms. The fourth-order valence-electron chi connectivity index (χ4n) is 13.6. The Labute approximate surface area is 291 Å². The van der Waals surface area contributed by atoms with Gasteiger partial charge in [-0.2, -0.15) is 0 Å². The van der Waals surface area contributed by atoms with Gasteiger partial charge in [0.25, 0.3) is 0 Å². The van der Waals surface area contributed by atoms with Gasteiger partial charge < -0.3 is 0 Å². The molecule has 1 unspecified atom stereocenters. The summed E-state index contributed by atoms with van der Waals surface area (Å²) in [5.74, 6) is 2.09. The maximum atomic E-state index is 13.3. The van der Waals surface area contributed by atoms with E-state index in [1.54, 1.807) is 14.7 Å². The molecular formula is C42H68O4Sn. The molecule has 1 aromatic carbocycles. The van der Waals surface area contributed by atoms with Gasteiger partial charge in [-0.3, -0.25) is 0 Å². The number of rotatable bonds is 10. The summed E-state index contributed by atoms with van der Waals surface area (Å²) in [7, 11) is 0. The molecule has 1 aliphatic heterocycles. The molecule has 4 nitrogen and oxygen atoms in total. The third-order valence-corrected chi connectivity index (χ3v) is 31.3. The van der Waals surface area contributed by atoms with Crippen molar-refractivity contribution in [2.45, 2.75) is 181 Å². The molecule has 0 amide bonds. The van der Waals surface area contributed by atoms with Gasteiger partial charge in [-0.15, -0.1) is 0 Å². The molecule has 1 heterocycles. The molecule has 7 rings (SSSR count). The average molecular weight is 756 g/mol. The summed E-state index contributed by atoms with van der Waals surface area (Å²) >= 11 is -2.65. The minimum absolute atomic E-state index is 0.0115. The van der Waals surface area contributed by atoms with E-state index < -0.39 is 24.0 Å². The van der Waals surface area contributed by atoms with Gasteiger partial charge >= 0.3 is 293 Å². The standard InChI is InChI=1S/C30H41O4.3C4H9.Sn/c1-26(2)16-28(34-33-18-26)12-13-29-14-19-6-4-5-7-20(19)22-15-27(3)23(8-9-24(27)31)21(25(22)29)10-11-30(29,32)17-28;3*1-3-4-2;/h5-7,21-25,31-32H,8-18H2,1-3H3;3*1,3-4H2,2H3;/t21-,22+,23-,24-,25+,27-,28?,29-,30+;;;;/m0..../s1. The van der Waals surface area contributed by atoms with E-state index in [-0.39, 0.29) is 27.9 Å². The Bertz CT molecular complexity index is 1270. The van der Waals surface area contributed by atoms with E-state index in [0.29, 0.717) is 36.7 Å². The molecule has 5 aliphatic carbocycles. The Balaban J connectivity index is 1.34. The quantitative estimate of drug-likeness (QED) is 0.185. The molecule has 9 atom stereocenters. The van der Waals surface area contributed by atoms with E-state index in [9.17, 15) is 10.2 Å². The van der Waals surface area contributed by atoms with Crippen molar-refractivity contribution in [2.75, 3.05) is 6.61 Å². The van der Waals surface area contributed by atoms with Crippen LogP contribution in [0.2, 0.25) is 13.3 Å². The van der Waals surface area contributed by atoms with Crippen molar-refractivity contribution in [2.24, 2.45) is 34.0 Å². The topological polar surface area (TPSA) is 58.9 Å². The predicted molar refractivity (Wildman–Crippen MR) is 194 cm³/mol. The summed E-state index contributed by atoms with van der Waals surface area (Å²) in [6.07, 6.45) is 17.7. The molecular weight excluding hydrogens is 687 g/mol. The number of hydrogen-bond acceptors (Lipinski definition) is 4. The zero-order valence-corrected chi connectivity index (χ0v) is 33.8. The Morgan fingerprint density at radius 3 is 2.23 bits per heavy atom. The van der Waals surface area contributed by atoms with Gasteiger partial charge in [0, 0.05) is 0 Å². The van der Waals surface area contributed by atoms with Crippen LogP contribution in [0.3, 0.4) is 0 Å². The number of unbranched alkanes of at least 4 members (excludes halogenated alkanes) is 3. The normalized spacial score (nSPS) is 42.0. The van der Waals surface area contributed by atoms with Crippen LogP contribution in [0, 0.1) is 34.0 Å². The number of fused-ring (bicyclic) bond motifs is 4. The van der Waals surface area contributed by atoms with Gasteiger partial charge in [0.05, 0.1) is 0 Å². The van der Waals surface area contributed by atoms with Crippen LogP contribution in [0.1, 0.15) is 155 Å². The van der Waals surface area contributed by atoms with E-state index in [1.807, 2.05) is 0 Å². The monoisotopic (exact) mass is 756 g/mol. The average Bonchev–Trinajstić information content (AvgIpc) is 3.33. The van der Waals surface area contributed by atoms with Crippen LogP contribution in [0.4, 0.5) is 0 Å². The van der Waals surface area contributed by atoms with Crippen LogP contribution in [0.15, 0.2) is 18.2 Å². The van der Waals surface area contributed by atoms with Gasteiger partial charge in [0.15, 0.2) is 0 Å². The maximum absolute atomic E-state index is 13.3. The molecule has 1 aromatic rings. The van der Waals surface area contributed by atoms with Crippen molar-refractivity contribution in [1.29, 1.82) is 0 Å². The zero-order valence-electron chi connectivity index (χ0n) is 31.0. The number of benzene rings is 1. The summed E-state index contributed by atoms with van der Waals surface area (Å²) in [6.45, 7) is 14.8. The number of aliphatic hydroxyl groups excluding tert-OH is 1. The van der Waals surface area contributed by atoms with E-state index in [0.717, 1.165) is 57.8 Å². The Morgan fingerprint density at radius 1 is 0.872 bits per heavy atom. The van der Waals surface area contributed by atoms with Gasteiger partial charge in [-0.05, 0) is 0 Å². The molecule has 5 fully saturated rings. The molecule has 4 saturated carbocycles. The van der Waals surface area contributed by atoms with Crippen LogP contribution in [0.25, 0.3) is 0 Å². The van der Waals surface area contributed by atoms with Crippen LogP contribution in [-0.2, 0) is 16.2 Å². The van der Waals surface area contributed by atoms with Crippen molar-refractivity contribution in [3.8, 4) is 0 Å². The van der Waals surface area contributed by atoms with Gasteiger partial charge in [-0.25, -0.2) is 0 Å². The minimum atomic E-state index is -2.65. The summed E-state index contributed by atoms with van der Waals surface area (Å²) in [5.41, 5.74) is 1.98. The van der Waals surface area contributed by atoms with Crippen LogP contribution in [-0.4, -0.2) is 52.5 Å². The van der Waals surface area contributed by atoms with Crippen molar-refractivity contribution in [1.82, 2.24) is 0 Å². The summed E-state index contributed by atoms with van der Waals surface area (Å²) in [4.78, 5) is 12.2. The third-order valence-electron chi connectivity index (χ3n) is 15.7. The Hall–Kier alpha value is -0.141.